The van der Waals surface area contributed by atoms with Gasteiger partial charge in [-0.2, -0.15) is 0 Å². The van der Waals surface area contributed by atoms with Crippen LogP contribution in [0.4, 0.5) is 5.69 Å². The first-order valence-electron chi connectivity index (χ1n) is 12.7. The number of aromatic nitrogens is 1. The summed E-state index contributed by atoms with van der Waals surface area (Å²) in [5.41, 5.74) is 3.66. The highest BCUT2D eigenvalue weighted by atomic mass is 32.2. The van der Waals surface area contributed by atoms with Crippen LogP contribution in [0.1, 0.15) is 61.1 Å². The number of pyridine rings is 1. The first kappa shape index (κ1) is 27.1. The van der Waals surface area contributed by atoms with Gasteiger partial charge in [0, 0.05) is 41.7 Å². The molecule has 7 nitrogen and oxygen atoms in total. The summed E-state index contributed by atoms with van der Waals surface area (Å²) in [5.74, 6) is 1.42. The van der Waals surface area contributed by atoms with Crippen molar-refractivity contribution in [1.29, 1.82) is 0 Å². The third-order valence-corrected chi connectivity index (χ3v) is 8.02. The van der Waals surface area contributed by atoms with Gasteiger partial charge in [-0.25, -0.2) is 8.42 Å². The number of aryl methyl sites for hydroxylation is 1. The Morgan fingerprint density at radius 3 is 2.51 bits per heavy atom. The van der Waals surface area contributed by atoms with E-state index >= 15 is 0 Å². The molecule has 1 saturated carbocycles. The fourth-order valence-corrected chi connectivity index (χ4v) is 5.96. The van der Waals surface area contributed by atoms with Gasteiger partial charge in [-0.1, -0.05) is 19.9 Å². The lowest BCUT2D eigenvalue weighted by molar-refractivity contribution is 0.102. The van der Waals surface area contributed by atoms with Crippen molar-refractivity contribution >= 4 is 32.3 Å². The third-order valence-electron chi connectivity index (χ3n) is 6.71. The lowest BCUT2D eigenvalue weighted by atomic mass is 9.95. The smallest absolute Gasteiger partial charge is 0.255 e. The average Bonchev–Trinajstić information content (AvgIpc) is 3.66. The monoisotopic (exact) mass is 523 g/mol. The molecule has 1 aromatic heterocycles. The van der Waals surface area contributed by atoms with Gasteiger partial charge in [-0.3, -0.25) is 9.78 Å². The van der Waals surface area contributed by atoms with Crippen molar-refractivity contribution in [3.8, 4) is 5.75 Å². The van der Waals surface area contributed by atoms with E-state index in [1.807, 2.05) is 58.2 Å². The van der Waals surface area contributed by atoms with Gasteiger partial charge in [0.15, 0.2) is 0 Å². The highest BCUT2D eigenvalue weighted by Gasteiger charge is 2.24. The minimum atomic E-state index is -3.05. The molecule has 1 aliphatic rings. The van der Waals surface area contributed by atoms with Crippen molar-refractivity contribution in [3.05, 3.63) is 65.4 Å². The summed E-state index contributed by atoms with van der Waals surface area (Å²) in [4.78, 5) is 17.5. The Labute approximate surface area is 219 Å². The maximum absolute atomic E-state index is 12.9. The lowest BCUT2D eigenvalue weighted by Gasteiger charge is -2.26. The van der Waals surface area contributed by atoms with Gasteiger partial charge in [-0.05, 0) is 85.5 Å². The van der Waals surface area contributed by atoms with E-state index in [1.54, 1.807) is 12.1 Å². The molecule has 0 bridgehead atoms. The third kappa shape index (κ3) is 7.52. The van der Waals surface area contributed by atoms with Crippen molar-refractivity contribution in [1.82, 2.24) is 10.3 Å². The van der Waals surface area contributed by atoms with Crippen LogP contribution in [0.5, 0.6) is 5.75 Å². The van der Waals surface area contributed by atoms with Gasteiger partial charge in [-0.15, -0.1) is 0 Å². The standard InChI is InChI=1S/C29H37N3O4S/c1-19-26(32-28(33)22-8-11-25(12-9-22)36-16-21-6-7-21)13-10-23-14-24(15-30-27(19)23)20(2)31-17-29(3,4)18-37(5,34)35/h8-15,20-21,31H,6-7,16-18H2,1-5H3,(H,32,33). The molecule has 1 heterocycles. The minimum Gasteiger partial charge on any atom is -0.493 e. The number of rotatable bonds is 11. The van der Waals surface area contributed by atoms with Crippen molar-refractivity contribution < 1.29 is 17.9 Å². The van der Waals surface area contributed by atoms with Gasteiger partial charge < -0.3 is 15.4 Å². The van der Waals surface area contributed by atoms with Crippen LogP contribution in [0.25, 0.3) is 10.9 Å². The van der Waals surface area contributed by atoms with Crippen molar-refractivity contribution in [2.24, 2.45) is 11.3 Å². The molecule has 37 heavy (non-hydrogen) atoms. The second kappa shape index (κ2) is 10.8. The van der Waals surface area contributed by atoms with E-state index in [2.05, 4.69) is 16.7 Å². The number of fused-ring (bicyclic) bond motifs is 1. The van der Waals surface area contributed by atoms with Crippen molar-refractivity contribution in [3.63, 3.8) is 0 Å². The van der Waals surface area contributed by atoms with E-state index < -0.39 is 9.84 Å². The van der Waals surface area contributed by atoms with E-state index in [0.717, 1.165) is 40.1 Å². The summed E-state index contributed by atoms with van der Waals surface area (Å²) in [6.07, 6.45) is 5.58. The number of anilines is 1. The predicted molar refractivity (Wildman–Crippen MR) is 149 cm³/mol. The molecule has 1 unspecified atom stereocenters. The van der Waals surface area contributed by atoms with Crippen LogP contribution in [-0.2, 0) is 9.84 Å². The van der Waals surface area contributed by atoms with E-state index in [1.165, 1.54) is 19.1 Å². The van der Waals surface area contributed by atoms with Gasteiger partial charge >= 0.3 is 0 Å². The number of amides is 1. The minimum absolute atomic E-state index is 0.00615. The van der Waals surface area contributed by atoms with Gasteiger partial charge in [0.2, 0.25) is 0 Å². The molecule has 0 radical (unpaired) electrons. The predicted octanol–water partition coefficient (Wildman–Crippen LogP) is 5.31. The first-order valence-corrected chi connectivity index (χ1v) is 14.8. The Kier molecular flexibility index (Phi) is 7.90. The lowest BCUT2D eigenvalue weighted by Crippen LogP contribution is -2.36. The maximum atomic E-state index is 12.9. The molecule has 1 amide bonds. The second-order valence-electron chi connectivity index (χ2n) is 11.1. The van der Waals surface area contributed by atoms with Gasteiger partial charge in [0.1, 0.15) is 15.6 Å². The summed E-state index contributed by atoms with van der Waals surface area (Å²) in [6.45, 7) is 9.20. The molecule has 1 fully saturated rings. The van der Waals surface area contributed by atoms with Crippen LogP contribution < -0.4 is 15.4 Å². The largest absolute Gasteiger partial charge is 0.493 e. The quantitative estimate of drug-likeness (QED) is 0.354. The Bertz CT molecular complexity index is 1380. The molecule has 1 aliphatic carbocycles. The highest BCUT2D eigenvalue weighted by molar-refractivity contribution is 7.90. The Morgan fingerprint density at radius 1 is 1.16 bits per heavy atom. The molecule has 1 atom stereocenters. The van der Waals surface area contributed by atoms with Crippen LogP contribution in [0.15, 0.2) is 48.7 Å². The number of nitrogens with zero attached hydrogens (tertiary/aromatic N) is 1. The van der Waals surface area contributed by atoms with Crippen LogP contribution in [0.2, 0.25) is 0 Å². The zero-order valence-electron chi connectivity index (χ0n) is 22.3. The zero-order chi connectivity index (χ0) is 26.8. The molecular formula is C29H37N3O4S. The van der Waals surface area contributed by atoms with E-state index in [4.69, 9.17) is 9.72 Å². The van der Waals surface area contributed by atoms with Gasteiger partial charge in [0.05, 0.1) is 17.9 Å². The molecule has 4 rings (SSSR count). The Morgan fingerprint density at radius 2 is 1.86 bits per heavy atom. The summed E-state index contributed by atoms with van der Waals surface area (Å²) in [6, 6.07) is 13.2. The molecular weight excluding hydrogens is 486 g/mol. The van der Waals surface area contributed by atoms with Crippen LogP contribution in [-0.4, -0.2) is 44.5 Å². The summed E-state index contributed by atoms with van der Waals surface area (Å²) >= 11 is 0. The number of benzene rings is 2. The second-order valence-corrected chi connectivity index (χ2v) is 13.3. The molecule has 3 aromatic rings. The summed E-state index contributed by atoms with van der Waals surface area (Å²) < 4.78 is 29.2. The molecule has 2 aromatic carbocycles. The number of carbonyl (C=O) groups excluding carboxylic acids is 1. The zero-order valence-corrected chi connectivity index (χ0v) is 23.1. The van der Waals surface area contributed by atoms with Crippen molar-refractivity contribution in [2.45, 2.75) is 46.6 Å². The molecule has 198 valence electrons. The van der Waals surface area contributed by atoms with Gasteiger partial charge in [0.25, 0.3) is 5.91 Å². The van der Waals surface area contributed by atoms with E-state index in [-0.39, 0.29) is 23.1 Å². The number of nitrogens with one attached hydrogen (secondary N) is 2. The number of sulfone groups is 1. The summed E-state index contributed by atoms with van der Waals surface area (Å²) in [5, 5.41) is 7.44. The van der Waals surface area contributed by atoms with Crippen LogP contribution in [0.3, 0.4) is 0 Å². The topological polar surface area (TPSA) is 97.4 Å². The van der Waals surface area contributed by atoms with E-state index in [9.17, 15) is 13.2 Å². The highest BCUT2D eigenvalue weighted by Crippen LogP contribution is 2.30. The number of hydrogen-bond donors (Lipinski definition) is 2. The number of ether oxygens (including phenoxy) is 1. The maximum Gasteiger partial charge on any atom is 0.255 e. The van der Waals surface area contributed by atoms with E-state index in [0.29, 0.717) is 18.0 Å². The fraction of sp³-hybridized carbons (Fsp3) is 0.448. The first-order chi connectivity index (χ1) is 17.4. The summed E-state index contributed by atoms with van der Waals surface area (Å²) in [7, 11) is -3.05. The SMILES string of the molecule is Cc1c(NC(=O)c2ccc(OCC3CC3)cc2)ccc2cc(C(C)NCC(C)(C)CS(C)(=O)=O)cnc12. The Balaban J connectivity index is 1.41. The molecule has 2 N–H and O–H groups in total. The van der Waals surface area contributed by atoms with Crippen LogP contribution in [0, 0.1) is 18.3 Å². The van der Waals surface area contributed by atoms with Crippen LogP contribution >= 0.6 is 0 Å². The number of hydrogen-bond acceptors (Lipinski definition) is 6. The molecule has 8 heteroatoms. The molecule has 0 spiro atoms. The normalized spacial score (nSPS) is 14.9. The average molecular weight is 524 g/mol. The van der Waals surface area contributed by atoms with Crippen molar-refractivity contribution in [2.75, 3.05) is 30.5 Å². The fourth-order valence-electron chi connectivity index (χ4n) is 4.44. The molecule has 0 aliphatic heterocycles. The number of carbonyl (C=O) groups is 1. The molecule has 0 saturated heterocycles. The Hall–Kier alpha value is -2.97.